The molecule has 15 heavy (non-hydrogen) atoms. The summed E-state index contributed by atoms with van der Waals surface area (Å²) in [5.74, 6) is -0.367. The van der Waals surface area contributed by atoms with E-state index in [1.807, 2.05) is 17.5 Å². The Kier molecular flexibility index (Phi) is 4.60. The van der Waals surface area contributed by atoms with Crippen LogP contribution >= 0.6 is 11.3 Å². The zero-order chi connectivity index (χ0) is 11.3. The minimum atomic E-state index is -4.07. The van der Waals surface area contributed by atoms with Gasteiger partial charge >= 0.3 is 6.18 Å². The van der Waals surface area contributed by atoms with Crippen LogP contribution < -0.4 is 5.32 Å². The molecule has 1 unspecified atom stereocenters. The van der Waals surface area contributed by atoms with Gasteiger partial charge < -0.3 is 5.32 Å². The van der Waals surface area contributed by atoms with Crippen molar-refractivity contribution in [3.05, 3.63) is 22.4 Å². The summed E-state index contributed by atoms with van der Waals surface area (Å²) < 4.78 is 36.7. The van der Waals surface area contributed by atoms with E-state index in [0.29, 0.717) is 13.0 Å². The highest BCUT2D eigenvalue weighted by Crippen LogP contribution is 2.27. The molecular weight excluding hydrogens is 223 g/mol. The minimum absolute atomic E-state index is 0.367. The van der Waals surface area contributed by atoms with Crippen LogP contribution in [0.15, 0.2) is 17.5 Å². The third-order valence-corrected chi connectivity index (χ3v) is 2.98. The summed E-state index contributed by atoms with van der Waals surface area (Å²) in [6.07, 6.45) is -4.29. The van der Waals surface area contributed by atoms with Gasteiger partial charge in [-0.05, 0) is 37.4 Å². The Morgan fingerprint density at radius 3 is 2.67 bits per heavy atom. The number of thiophene rings is 1. The molecule has 0 radical (unpaired) electrons. The second kappa shape index (κ2) is 5.51. The van der Waals surface area contributed by atoms with E-state index in [2.05, 4.69) is 5.32 Å². The Labute approximate surface area is 91.3 Å². The molecule has 0 saturated heterocycles. The molecule has 1 nitrogen and oxygen atoms in total. The molecule has 1 rings (SSSR count). The number of hydrogen-bond donors (Lipinski definition) is 1. The molecule has 0 bridgehead atoms. The van der Waals surface area contributed by atoms with Crippen molar-refractivity contribution in [1.82, 2.24) is 5.32 Å². The predicted octanol–water partition coefficient (Wildman–Crippen LogP) is 3.08. The maximum Gasteiger partial charge on any atom is 0.389 e. The molecule has 0 amide bonds. The molecule has 5 heteroatoms. The molecular formula is C10H14F3NS. The first kappa shape index (κ1) is 12.5. The molecule has 0 spiro atoms. The average Bonchev–Trinajstić information content (AvgIpc) is 2.54. The van der Waals surface area contributed by atoms with Crippen LogP contribution in [0, 0.1) is 5.92 Å². The molecule has 1 aromatic rings. The third kappa shape index (κ3) is 5.18. The van der Waals surface area contributed by atoms with Crippen LogP contribution in [0.4, 0.5) is 13.2 Å². The Balaban J connectivity index is 2.51. The number of alkyl halides is 3. The molecule has 1 heterocycles. The van der Waals surface area contributed by atoms with Crippen LogP contribution in [-0.2, 0) is 6.42 Å². The summed E-state index contributed by atoms with van der Waals surface area (Å²) in [6.45, 7) is 0.400. The van der Waals surface area contributed by atoms with E-state index in [1.54, 1.807) is 7.05 Å². The summed E-state index contributed by atoms with van der Waals surface area (Å²) >= 11 is 1.51. The van der Waals surface area contributed by atoms with E-state index in [9.17, 15) is 13.2 Å². The van der Waals surface area contributed by atoms with Gasteiger partial charge in [0.1, 0.15) is 0 Å². The lowest BCUT2D eigenvalue weighted by atomic mass is 10.0. The van der Waals surface area contributed by atoms with Gasteiger partial charge in [-0.15, -0.1) is 11.3 Å². The quantitative estimate of drug-likeness (QED) is 0.829. The average molecular weight is 237 g/mol. The number of halogens is 3. The first-order valence-corrected chi connectivity index (χ1v) is 5.63. The molecule has 0 aromatic carbocycles. The van der Waals surface area contributed by atoms with Gasteiger partial charge in [0.15, 0.2) is 0 Å². The topological polar surface area (TPSA) is 12.0 Å². The van der Waals surface area contributed by atoms with Gasteiger partial charge in [0, 0.05) is 11.3 Å². The van der Waals surface area contributed by atoms with Crippen LogP contribution in [0.2, 0.25) is 0 Å². The van der Waals surface area contributed by atoms with Crippen molar-refractivity contribution in [2.45, 2.75) is 19.0 Å². The highest BCUT2D eigenvalue weighted by Gasteiger charge is 2.31. The fourth-order valence-corrected chi connectivity index (χ4v) is 2.37. The fourth-order valence-electron chi connectivity index (χ4n) is 1.55. The molecule has 0 fully saturated rings. The lowest BCUT2D eigenvalue weighted by molar-refractivity contribution is -0.144. The van der Waals surface area contributed by atoms with Gasteiger partial charge in [0.05, 0.1) is 0 Å². The van der Waals surface area contributed by atoms with Crippen LogP contribution in [0.25, 0.3) is 0 Å². The van der Waals surface area contributed by atoms with E-state index in [4.69, 9.17) is 0 Å². The Bertz CT molecular complexity index is 269. The van der Waals surface area contributed by atoms with E-state index >= 15 is 0 Å². The molecule has 1 atom stereocenters. The van der Waals surface area contributed by atoms with Gasteiger partial charge in [-0.25, -0.2) is 0 Å². The second-order valence-corrected chi connectivity index (χ2v) is 4.56. The van der Waals surface area contributed by atoms with Gasteiger partial charge in [-0.1, -0.05) is 6.07 Å². The van der Waals surface area contributed by atoms with Gasteiger partial charge in [0.25, 0.3) is 0 Å². The molecule has 0 saturated carbocycles. The monoisotopic (exact) mass is 237 g/mol. The van der Waals surface area contributed by atoms with Crippen LogP contribution in [0.3, 0.4) is 0 Å². The van der Waals surface area contributed by atoms with E-state index in [-0.39, 0.29) is 5.92 Å². The largest absolute Gasteiger partial charge is 0.389 e. The van der Waals surface area contributed by atoms with Crippen molar-refractivity contribution in [2.24, 2.45) is 5.92 Å². The van der Waals surface area contributed by atoms with E-state index in [1.165, 1.54) is 11.3 Å². The van der Waals surface area contributed by atoms with Gasteiger partial charge in [-0.3, -0.25) is 0 Å². The van der Waals surface area contributed by atoms with Crippen molar-refractivity contribution in [1.29, 1.82) is 0 Å². The second-order valence-electron chi connectivity index (χ2n) is 3.53. The summed E-state index contributed by atoms with van der Waals surface area (Å²) in [7, 11) is 1.68. The Morgan fingerprint density at radius 1 is 1.47 bits per heavy atom. The number of rotatable bonds is 5. The van der Waals surface area contributed by atoms with Crippen LogP contribution in [-0.4, -0.2) is 19.8 Å². The minimum Gasteiger partial charge on any atom is -0.319 e. The summed E-state index contributed by atoms with van der Waals surface area (Å²) in [5.41, 5.74) is 0. The molecule has 0 aliphatic rings. The maximum absolute atomic E-state index is 12.2. The van der Waals surface area contributed by atoms with Crippen molar-refractivity contribution in [2.75, 3.05) is 13.6 Å². The first-order chi connectivity index (χ1) is 7.01. The Morgan fingerprint density at radius 2 is 2.20 bits per heavy atom. The molecule has 86 valence electrons. The smallest absolute Gasteiger partial charge is 0.319 e. The molecule has 1 N–H and O–H groups in total. The summed E-state index contributed by atoms with van der Waals surface area (Å²) in [4.78, 5) is 1.01. The highest BCUT2D eigenvalue weighted by molar-refractivity contribution is 7.09. The van der Waals surface area contributed by atoms with Crippen molar-refractivity contribution in [3.63, 3.8) is 0 Å². The van der Waals surface area contributed by atoms with Crippen molar-refractivity contribution < 1.29 is 13.2 Å². The number of hydrogen-bond acceptors (Lipinski definition) is 2. The van der Waals surface area contributed by atoms with Crippen LogP contribution in [0.5, 0.6) is 0 Å². The van der Waals surface area contributed by atoms with Crippen molar-refractivity contribution in [3.8, 4) is 0 Å². The van der Waals surface area contributed by atoms with Crippen molar-refractivity contribution >= 4 is 11.3 Å². The predicted molar refractivity (Wildman–Crippen MR) is 56.1 cm³/mol. The molecule has 0 aliphatic heterocycles. The van der Waals surface area contributed by atoms with E-state index in [0.717, 1.165) is 4.88 Å². The molecule has 0 aliphatic carbocycles. The van der Waals surface area contributed by atoms with Gasteiger partial charge in [-0.2, -0.15) is 13.2 Å². The lowest BCUT2D eigenvalue weighted by Crippen LogP contribution is -2.26. The van der Waals surface area contributed by atoms with Crippen LogP contribution in [0.1, 0.15) is 11.3 Å². The zero-order valence-electron chi connectivity index (χ0n) is 8.47. The lowest BCUT2D eigenvalue weighted by Gasteiger charge is -2.17. The summed E-state index contributed by atoms with van der Waals surface area (Å²) in [6, 6.07) is 3.74. The zero-order valence-corrected chi connectivity index (χ0v) is 9.29. The highest BCUT2D eigenvalue weighted by atomic mass is 32.1. The SMILES string of the molecule is CNCC(Cc1cccs1)CC(F)(F)F. The summed E-state index contributed by atoms with van der Waals surface area (Å²) in [5, 5.41) is 4.70. The van der Waals surface area contributed by atoms with E-state index < -0.39 is 12.6 Å². The normalized spacial score (nSPS) is 14.1. The van der Waals surface area contributed by atoms with Gasteiger partial charge in [0.2, 0.25) is 0 Å². The Hall–Kier alpha value is -0.550. The maximum atomic E-state index is 12.2. The third-order valence-electron chi connectivity index (χ3n) is 2.08. The standard InChI is InChI=1S/C10H14F3NS/c1-14-7-8(6-10(11,12)13)5-9-3-2-4-15-9/h2-4,8,14H,5-7H2,1H3. The first-order valence-electron chi connectivity index (χ1n) is 4.75. The number of nitrogens with one attached hydrogen (secondary N) is 1. The fraction of sp³-hybridized carbons (Fsp3) is 0.600. The molecule has 1 aromatic heterocycles.